The summed E-state index contributed by atoms with van der Waals surface area (Å²) in [6.07, 6.45) is 3.24. The van der Waals surface area contributed by atoms with Crippen LogP contribution in [0.15, 0.2) is 0 Å². The third-order valence-electron chi connectivity index (χ3n) is 2.36. The maximum Gasteiger partial charge on any atom is 0.227 e. The highest BCUT2D eigenvalue weighted by molar-refractivity contribution is 7.15. The van der Waals surface area contributed by atoms with Crippen LogP contribution in [-0.4, -0.2) is 16.1 Å². The second-order valence-corrected chi connectivity index (χ2v) is 5.89. The van der Waals surface area contributed by atoms with Crippen LogP contribution in [0.2, 0.25) is 0 Å². The Morgan fingerprint density at radius 1 is 1.50 bits per heavy atom. The molecule has 98 valence electrons. The minimum atomic E-state index is -0.653. The van der Waals surface area contributed by atoms with Gasteiger partial charge in [-0.15, -0.1) is 10.2 Å². The van der Waals surface area contributed by atoms with E-state index in [0.717, 1.165) is 24.3 Å². The van der Waals surface area contributed by atoms with E-state index < -0.39 is 5.41 Å². The van der Waals surface area contributed by atoms with Gasteiger partial charge in [0.25, 0.3) is 0 Å². The molecule has 0 bridgehead atoms. The fourth-order valence-corrected chi connectivity index (χ4v) is 2.14. The summed E-state index contributed by atoms with van der Waals surface area (Å²) in [6, 6.07) is 2.10. The Kier molecular flexibility index (Phi) is 5.23. The van der Waals surface area contributed by atoms with E-state index in [1.54, 1.807) is 13.8 Å². The van der Waals surface area contributed by atoms with Gasteiger partial charge in [-0.1, -0.05) is 24.7 Å². The molecule has 1 amide bonds. The SMILES string of the molecule is CCCCc1nnc(NC(=O)CC(C)(C)C#N)s1. The Hall–Kier alpha value is -1.48. The fraction of sp³-hybridized carbons (Fsp3) is 0.667. The van der Waals surface area contributed by atoms with Gasteiger partial charge >= 0.3 is 0 Å². The Bertz CT molecular complexity index is 447. The molecule has 0 fully saturated rings. The minimum Gasteiger partial charge on any atom is -0.300 e. The summed E-state index contributed by atoms with van der Waals surface area (Å²) in [5.74, 6) is -0.195. The molecule has 1 N–H and O–H groups in total. The molecule has 0 atom stereocenters. The lowest BCUT2D eigenvalue weighted by Crippen LogP contribution is -2.20. The van der Waals surface area contributed by atoms with Crippen LogP contribution in [0.4, 0.5) is 5.13 Å². The number of carbonyl (C=O) groups is 1. The van der Waals surface area contributed by atoms with Crippen molar-refractivity contribution in [3.63, 3.8) is 0 Å². The van der Waals surface area contributed by atoms with Crippen molar-refractivity contribution in [3.05, 3.63) is 5.01 Å². The predicted octanol–water partition coefficient (Wildman–Crippen LogP) is 2.76. The molecule has 6 heteroatoms. The minimum absolute atomic E-state index is 0.160. The van der Waals surface area contributed by atoms with Crippen LogP contribution in [0.1, 0.15) is 45.0 Å². The highest BCUT2D eigenvalue weighted by atomic mass is 32.1. The van der Waals surface area contributed by atoms with E-state index in [-0.39, 0.29) is 12.3 Å². The standard InChI is InChI=1S/C12H18N4OS/c1-4-5-6-10-15-16-11(18-10)14-9(17)7-12(2,3)8-13/h4-7H2,1-3H3,(H,14,16,17). The Balaban J connectivity index is 2.50. The summed E-state index contributed by atoms with van der Waals surface area (Å²) in [5.41, 5.74) is -0.653. The van der Waals surface area contributed by atoms with Gasteiger partial charge in [0.2, 0.25) is 11.0 Å². The van der Waals surface area contributed by atoms with Gasteiger partial charge < -0.3 is 5.32 Å². The zero-order valence-electron chi connectivity index (χ0n) is 11.0. The average molecular weight is 266 g/mol. The van der Waals surface area contributed by atoms with Crippen LogP contribution in [-0.2, 0) is 11.2 Å². The molecule has 1 rings (SSSR count). The van der Waals surface area contributed by atoms with Crippen molar-refractivity contribution in [2.45, 2.75) is 46.5 Å². The number of aromatic nitrogens is 2. The maximum absolute atomic E-state index is 11.7. The van der Waals surface area contributed by atoms with Crippen molar-refractivity contribution in [2.75, 3.05) is 5.32 Å². The number of anilines is 1. The van der Waals surface area contributed by atoms with E-state index in [9.17, 15) is 4.79 Å². The van der Waals surface area contributed by atoms with Crippen molar-refractivity contribution < 1.29 is 4.79 Å². The molecular formula is C12H18N4OS. The van der Waals surface area contributed by atoms with Gasteiger partial charge in [0.05, 0.1) is 11.5 Å². The van der Waals surface area contributed by atoms with Crippen molar-refractivity contribution in [1.29, 1.82) is 5.26 Å². The summed E-state index contributed by atoms with van der Waals surface area (Å²) in [6.45, 7) is 5.59. The maximum atomic E-state index is 11.7. The van der Waals surface area contributed by atoms with E-state index in [2.05, 4.69) is 28.5 Å². The Morgan fingerprint density at radius 3 is 2.83 bits per heavy atom. The van der Waals surface area contributed by atoms with E-state index in [1.807, 2.05) is 0 Å². The van der Waals surface area contributed by atoms with Crippen LogP contribution >= 0.6 is 11.3 Å². The van der Waals surface area contributed by atoms with Gasteiger partial charge in [0.15, 0.2) is 0 Å². The highest BCUT2D eigenvalue weighted by Gasteiger charge is 2.22. The molecule has 0 radical (unpaired) electrons. The lowest BCUT2D eigenvalue weighted by Gasteiger charge is -2.12. The monoisotopic (exact) mass is 266 g/mol. The number of aryl methyl sites for hydroxylation is 1. The van der Waals surface area contributed by atoms with Crippen molar-refractivity contribution in [2.24, 2.45) is 5.41 Å². The van der Waals surface area contributed by atoms with Crippen LogP contribution in [0.3, 0.4) is 0 Å². The fourth-order valence-electron chi connectivity index (χ4n) is 1.34. The molecule has 1 aromatic heterocycles. The molecule has 0 saturated heterocycles. The first-order valence-electron chi connectivity index (χ1n) is 6.00. The summed E-state index contributed by atoms with van der Waals surface area (Å²) in [5, 5.41) is 20.9. The number of rotatable bonds is 6. The summed E-state index contributed by atoms with van der Waals surface area (Å²) in [7, 11) is 0. The van der Waals surface area contributed by atoms with E-state index >= 15 is 0 Å². The summed E-state index contributed by atoms with van der Waals surface area (Å²) >= 11 is 1.40. The molecule has 1 heterocycles. The van der Waals surface area contributed by atoms with Gasteiger partial charge in [-0.2, -0.15) is 5.26 Å². The van der Waals surface area contributed by atoms with Crippen molar-refractivity contribution in [3.8, 4) is 6.07 Å². The Morgan fingerprint density at radius 2 is 2.22 bits per heavy atom. The largest absolute Gasteiger partial charge is 0.300 e. The number of nitriles is 1. The zero-order chi connectivity index (χ0) is 13.6. The van der Waals surface area contributed by atoms with E-state index in [4.69, 9.17) is 5.26 Å². The molecule has 0 aliphatic rings. The molecule has 18 heavy (non-hydrogen) atoms. The van der Waals surface area contributed by atoms with Crippen molar-refractivity contribution in [1.82, 2.24) is 10.2 Å². The predicted molar refractivity (Wildman–Crippen MR) is 71.2 cm³/mol. The number of carbonyl (C=O) groups excluding carboxylic acids is 1. The molecule has 0 saturated carbocycles. The molecule has 1 aromatic rings. The zero-order valence-corrected chi connectivity index (χ0v) is 11.8. The average Bonchev–Trinajstić information content (AvgIpc) is 2.73. The van der Waals surface area contributed by atoms with Gasteiger partial charge in [-0.05, 0) is 20.3 Å². The van der Waals surface area contributed by atoms with Gasteiger partial charge in [-0.25, -0.2) is 0 Å². The van der Waals surface area contributed by atoms with Crippen LogP contribution in [0.5, 0.6) is 0 Å². The quantitative estimate of drug-likeness (QED) is 0.858. The number of hydrogen-bond donors (Lipinski definition) is 1. The number of hydrogen-bond acceptors (Lipinski definition) is 5. The molecule has 0 aliphatic carbocycles. The van der Waals surface area contributed by atoms with E-state index in [0.29, 0.717) is 5.13 Å². The van der Waals surface area contributed by atoms with Crippen LogP contribution in [0, 0.1) is 16.7 Å². The van der Waals surface area contributed by atoms with Crippen molar-refractivity contribution >= 4 is 22.4 Å². The first-order chi connectivity index (χ1) is 8.46. The van der Waals surface area contributed by atoms with Crippen LogP contribution < -0.4 is 5.32 Å². The summed E-state index contributed by atoms with van der Waals surface area (Å²) < 4.78 is 0. The number of nitrogens with one attached hydrogen (secondary N) is 1. The Labute approximate surface area is 111 Å². The van der Waals surface area contributed by atoms with Gasteiger partial charge in [0, 0.05) is 12.8 Å². The second kappa shape index (κ2) is 6.45. The molecular weight excluding hydrogens is 248 g/mol. The smallest absolute Gasteiger partial charge is 0.227 e. The lowest BCUT2D eigenvalue weighted by molar-refractivity contribution is -0.117. The number of unbranched alkanes of at least 4 members (excludes halogenated alkanes) is 1. The summed E-state index contributed by atoms with van der Waals surface area (Å²) in [4.78, 5) is 11.7. The molecule has 5 nitrogen and oxygen atoms in total. The first kappa shape index (κ1) is 14.6. The third-order valence-corrected chi connectivity index (χ3v) is 3.26. The molecule has 0 unspecified atom stereocenters. The third kappa shape index (κ3) is 4.80. The first-order valence-corrected chi connectivity index (χ1v) is 6.82. The normalized spacial score (nSPS) is 11.0. The van der Waals surface area contributed by atoms with Crippen LogP contribution in [0.25, 0.3) is 0 Å². The van der Waals surface area contributed by atoms with Gasteiger partial charge in [-0.3, -0.25) is 4.79 Å². The topological polar surface area (TPSA) is 78.7 Å². The molecule has 0 spiro atoms. The lowest BCUT2D eigenvalue weighted by atomic mass is 9.91. The molecule has 0 aromatic carbocycles. The molecule has 0 aliphatic heterocycles. The number of nitrogens with zero attached hydrogens (tertiary/aromatic N) is 3. The van der Waals surface area contributed by atoms with Gasteiger partial charge in [0.1, 0.15) is 5.01 Å². The van der Waals surface area contributed by atoms with E-state index in [1.165, 1.54) is 11.3 Å². The second-order valence-electron chi connectivity index (χ2n) is 4.83. The number of amides is 1. The highest BCUT2D eigenvalue weighted by Crippen LogP contribution is 2.21.